The maximum absolute atomic E-state index is 5.35. The van der Waals surface area contributed by atoms with E-state index in [0.717, 1.165) is 11.5 Å². The Morgan fingerprint density at radius 1 is 1.05 bits per heavy atom. The fourth-order valence-electron chi connectivity index (χ4n) is 2.69. The quantitative estimate of drug-likeness (QED) is 0.823. The van der Waals surface area contributed by atoms with Crippen molar-refractivity contribution in [2.24, 2.45) is 0 Å². The fraction of sp³-hybridized carbons (Fsp3) is 0.500. The van der Waals surface area contributed by atoms with E-state index in [-0.39, 0.29) is 6.04 Å². The molecule has 3 heteroatoms. The van der Waals surface area contributed by atoms with Crippen LogP contribution in [0.3, 0.4) is 0 Å². The topological polar surface area (TPSA) is 30.5 Å². The highest BCUT2D eigenvalue weighted by molar-refractivity contribution is 5.42. The minimum absolute atomic E-state index is 0.254. The number of nitrogens with one attached hydrogen (secondary N) is 1. The van der Waals surface area contributed by atoms with Crippen molar-refractivity contribution in [2.45, 2.75) is 31.7 Å². The number of benzene rings is 1. The van der Waals surface area contributed by atoms with Crippen LogP contribution in [-0.4, -0.2) is 21.3 Å². The van der Waals surface area contributed by atoms with Crippen LogP contribution >= 0.6 is 0 Å². The van der Waals surface area contributed by atoms with Crippen molar-refractivity contribution in [1.82, 2.24) is 5.32 Å². The number of rotatable bonds is 5. The molecule has 1 aliphatic carbocycles. The molecule has 1 unspecified atom stereocenters. The molecule has 0 radical (unpaired) electrons. The average molecular weight is 261 g/mol. The van der Waals surface area contributed by atoms with Crippen LogP contribution in [0.1, 0.15) is 37.3 Å². The van der Waals surface area contributed by atoms with Crippen molar-refractivity contribution in [3.05, 3.63) is 35.4 Å². The lowest BCUT2D eigenvalue weighted by atomic mass is 9.90. The zero-order valence-electron chi connectivity index (χ0n) is 12.0. The predicted molar refractivity (Wildman–Crippen MR) is 77.9 cm³/mol. The van der Waals surface area contributed by atoms with E-state index in [4.69, 9.17) is 9.47 Å². The number of hydrogen-bond acceptors (Lipinski definition) is 3. The molecule has 3 nitrogen and oxygen atoms in total. The Morgan fingerprint density at radius 2 is 1.74 bits per heavy atom. The first-order chi connectivity index (χ1) is 9.28. The Balaban J connectivity index is 2.33. The van der Waals surface area contributed by atoms with Gasteiger partial charge in [-0.05, 0) is 50.4 Å². The maximum atomic E-state index is 5.35. The van der Waals surface area contributed by atoms with Gasteiger partial charge in [-0.3, -0.25) is 0 Å². The Kier molecular flexibility index (Phi) is 4.86. The molecule has 0 aromatic heterocycles. The molecule has 19 heavy (non-hydrogen) atoms. The summed E-state index contributed by atoms with van der Waals surface area (Å²) in [6.07, 6.45) is 7.32. The summed E-state index contributed by atoms with van der Waals surface area (Å²) in [5.41, 5.74) is 2.68. The van der Waals surface area contributed by atoms with Crippen LogP contribution in [0.15, 0.2) is 29.8 Å². The lowest BCUT2D eigenvalue weighted by Crippen LogP contribution is -2.20. The van der Waals surface area contributed by atoms with E-state index >= 15 is 0 Å². The van der Waals surface area contributed by atoms with Gasteiger partial charge in [-0.2, -0.15) is 0 Å². The largest absolute Gasteiger partial charge is 0.497 e. The van der Waals surface area contributed by atoms with E-state index < -0.39 is 0 Å². The Labute approximate surface area is 115 Å². The van der Waals surface area contributed by atoms with Crippen LogP contribution in [0.5, 0.6) is 11.5 Å². The minimum Gasteiger partial charge on any atom is -0.497 e. The number of likely N-dealkylation sites (N-methyl/N-ethyl adjacent to an activating group) is 1. The summed E-state index contributed by atoms with van der Waals surface area (Å²) in [6, 6.07) is 6.33. The summed E-state index contributed by atoms with van der Waals surface area (Å²) in [5.74, 6) is 1.68. The van der Waals surface area contributed by atoms with Crippen molar-refractivity contribution in [2.75, 3.05) is 21.3 Å². The Morgan fingerprint density at radius 3 is 2.21 bits per heavy atom. The van der Waals surface area contributed by atoms with Crippen molar-refractivity contribution < 1.29 is 9.47 Å². The highest BCUT2D eigenvalue weighted by atomic mass is 16.5. The number of hydrogen-bond donors (Lipinski definition) is 1. The molecule has 2 rings (SSSR count). The number of methoxy groups -OCH3 is 2. The second-order valence-electron chi connectivity index (χ2n) is 4.89. The van der Waals surface area contributed by atoms with Gasteiger partial charge in [-0.25, -0.2) is 0 Å². The summed E-state index contributed by atoms with van der Waals surface area (Å²) in [6.45, 7) is 0. The van der Waals surface area contributed by atoms with Crippen LogP contribution < -0.4 is 14.8 Å². The molecule has 1 atom stereocenters. The Bertz CT molecular complexity index is 432. The molecule has 0 spiro atoms. The van der Waals surface area contributed by atoms with Gasteiger partial charge in [0.15, 0.2) is 0 Å². The van der Waals surface area contributed by atoms with Gasteiger partial charge in [0.05, 0.1) is 20.3 Å². The molecule has 0 amide bonds. The third-order valence-corrected chi connectivity index (χ3v) is 3.69. The van der Waals surface area contributed by atoms with Crippen LogP contribution in [0.4, 0.5) is 0 Å². The van der Waals surface area contributed by atoms with Gasteiger partial charge >= 0.3 is 0 Å². The van der Waals surface area contributed by atoms with E-state index in [1.54, 1.807) is 14.2 Å². The van der Waals surface area contributed by atoms with Crippen LogP contribution in [0.25, 0.3) is 0 Å². The predicted octanol–water partition coefficient (Wildman–Crippen LogP) is 3.46. The van der Waals surface area contributed by atoms with E-state index in [9.17, 15) is 0 Å². The first-order valence-corrected chi connectivity index (χ1v) is 6.87. The minimum atomic E-state index is 0.254. The zero-order valence-corrected chi connectivity index (χ0v) is 12.0. The molecular formula is C16H23NO2. The molecule has 1 aromatic rings. The molecule has 1 N–H and O–H groups in total. The monoisotopic (exact) mass is 261 g/mol. The van der Waals surface area contributed by atoms with Crippen molar-refractivity contribution in [3.63, 3.8) is 0 Å². The highest BCUT2D eigenvalue weighted by Gasteiger charge is 2.18. The molecule has 104 valence electrons. The average Bonchev–Trinajstić information content (AvgIpc) is 2.48. The van der Waals surface area contributed by atoms with Gasteiger partial charge in [0, 0.05) is 6.07 Å². The first-order valence-electron chi connectivity index (χ1n) is 6.87. The summed E-state index contributed by atoms with van der Waals surface area (Å²) >= 11 is 0. The fourth-order valence-corrected chi connectivity index (χ4v) is 2.69. The smallest absolute Gasteiger partial charge is 0.122 e. The van der Waals surface area contributed by atoms with Crippen LogP contribution in [0.2, 0.25) is 0 Å². The molecule has 1 aromatic carbocycles. The zero-order chi connectivity index (χ0) is 13.7. The first kappa shape index (κ1) is 13.9. The third kappa shape index (κ3) is 3.29. The SMILES string of the molecule is CNC(C1=CCCCC1)c1cc(OC)cc(OC)c1. The van der Waals surface area contributed by atoms with Gasteiger partial charge in [0.25, 0.3) is 0 Å². The summed E-state index contributed by atoms with van der Waals surface area (Å²) < 4.78 is 10.7. The third-order valence-electron chi connectivity index (χ3n) is 3.69. The Hall–Kier alpha value is -1.48. The van der Waals surface area contributed by atoms with Crippen LogP contribution in [-0.2, 0) is 0 Å². The van der Waals surface area contributed by atoms with Gasteiger partial charge in [-0.1, -0.05) is 11.6 Å². The molecule has 0 bridgehead atoms. The molecular weight excluding hydrogens is 238 g/mol. The lowest BCUT2D eigenvalue weighted by molar-refractivity contribution is 0.392. The van der Waals surface area contributed by atoms with E-state index in [0.29, 0.717) is 0 Å². The maximum Gasteiger partial charge on any atom is 0.122 e. The highest BCUT2D eigenvalue weighted by Crippen LogP contribution is 2.33. The lowest BCUT2D eigenvalue weighted by Gasteiger charge is -2.24. The van der Waals surface area contributed by atoms with Gasteiger partial charge in [0.1, 0.15) is 11.5 Å². The molecule has 0 fully saturated rings. The van der Waals surface area contributed by atoms with E-state index in [1.165, 1.54) is 36.8 Å². The van der Waals surface area contributed by atoms with Gasteiger partial charge in [-0.15, -0.1) is 0 Å². The van der Waals surface area contributed by atoms with Crippen molar-refractivity contribution in [1.29, 1.82) is 0 Å². The number of ether oxygens (including phenoxy) is 2. The van der Waals surface area contributed by atoms with Crippen molar-refractivity contribution >= 4 is 0 Å². The normalized spacial score (nSPS) is 16.7. The second kappa shape index (κ2) is 6.62. The molecule has 0 aliphatic heterocycles. The summed E-state index contributed by atoms with van der Waals surface area (Å²) in [5, 5.41) is 3.41. The van der Waals surface area contributed by atoms with E-state index in [1.807, 2.05) is 13.1 Å². The van der Waals surface area contributed by atoms with E-state index in [2.05, 4.69) is 23.5 Å². The number of allylic oxidation sites excluding steroid dienone is 1. The second-order valence-corrected chi connectivity index (χ2v) is 4.89. The van der Waals surface area contributed by atoms with Crippen molar-refractivity contribution in [3.8, 4) is 11.5 Å². The molecule has 0 saturated heterocycles. The summed E-state index contributed by atoms with van der Waals surface area (Å²) in [4.78, 5) is 0. The van der Waals surface area contributed by atoms with Gasteiger partial charge in [0.2, 0.25) is 0 Å². The summed E-state index contributed by atoms with van der Waals surface area (Å²) in [7, 11) is 5.38. The van der Waals surface area contributed by atoms with Crippen LogP contribution in [0, 0.1) is 0 Å². The molecule has 1 aliphatic rings. The standard InChI is InChI=1S/C16H23NO2/c1-17-16(12-7-5-4-6-8-12)13-9-14(18-2)11-15(10-13)19-3/h7,9-11,16-17H,4-6,8H2,1-3H3. The van der Waals surface area contributed by atoms with Gasteiger partial charge < -0.3 is 14.8 Å². The molecule has 0 saturated carbocycles. The molecule has 0 heterocycles.